The lowest BCUT2D eigenvalue weighted by molar-refractivity contribution is 0.199. The van der Waals surface area contributed by atoms with Gasteiger partial charge in [0.1, 0.15) is 0 Å². The van der Waals surface area contributed by atoms with E-state index in [2.05, 4.69) is 43.0 Å². The summed E-state index contributed by atoms with van der Waals surface area (Å²) in [7, 11) is 4.38. The summed E-state index contributed by atoms with van der Waals surface area (Å²) in [5.41, 5.74) is 3.94. The highest BCUT2D eigenvalue weighted by atomic mass is 16.3. The van der Waals surface area contributed by atoms with Crippen molar-refractivity contribution >= 4 is 5.69 Å². The third-order valence-electron chi connectivity index (χ3n) is 4.84. The summed E-state index contributed by atoms with van der Waals surface area (Å²) in [6, 6.07) is 6.41. The Morgan fingerprint density at radius 3 is 2.78 bits per heavy atom. The molecule has 0 amide bonds. The van der Waals surface area contributed by atoms with Gasteiger partial charge in [-0.2, -0.15) is 0 Å². The normalized spacial score (nSPS) is 32.5. The van der Waals surface area contributed by atoms with E-state index < -0.39 is 0 Å². The van der Waals surface area contributed by atoms with Crippen LogP contribution in [-0.4, -0.2) is 36.8 Å². The van der Waals surface area contributed by atoms with Crippen LogP contribution in [0.5, 0.6) is 0 Å². The highest BCUT2D eigenvalue weighted by Gasteiger charge is 2.52. The number of benzene rings is 1. The second-order valence-corrected chi connectivity index (χ2v) is 6.09. The topological polar surface area (TPSA) is 26.7 Å². The van der Waals surface area contributed by atoms with E-state index in [4.69, 9.17) is 0 Å². The molecule has 2 aliphatic heterocycles. The highest BCUT2D eigenvalue weighted by Crippen LogP contribution is 2.51. The molecule has 0 unspecified atom stereocenters. The van der Waals surface area contributed by atoms with Gasteiger partial charge in [0, 0.05) is 24.7 Å². The molecule has 0 radical (unpaired) electrons. The molecule has 3 heteroatoms. The van der Waals surface area contributed by atoms with Gasteiger partial charge >= 0.3 is 0 Å². The first-order chi connectivity index (χ1) is 8.45. The minimum absolute atomic E-state index is 0.198. The summed E-state index contributed by atoms with van der Waals surface area (Å²) in [6.45, 7) is 5.33. The maximum Gasteiger partial charge on any atom is 0.0911 e. The molecular formula is C15H22N2O. The largest absolute Gasteiger partial charge is 0.389 e. The van der Waals surface area contributed by atoms with Gasteiger partial charge in [-0.05, 0) is 37.6 Å². The summed E-state index contributed by atoms with van der Waals surface area (Å²) in [6.07, 6.45) is 1.26. The minimum atomic E-state index is -0.387. The molecule has 0 bridgehead atoms. The maximum absolute atomic E-state index is 9.77. The van der Waals surface area contributed by atoms with Gasteiger partial charge in [0.2, 0.25) is 0 Å². The average Bonchev–Trinajstić information content (AvgIpc) is 2.75. The number of aliphatic hydroxyl groups excluding tert-OH is 1. The molecule has 1 N–H and O–H groups in total. The molecule has 3 rings (SSSR count). The van der Waals surface area contributed by atoms with Crippen LogP contribution in [0.2, 0.25) is 0 Å². The van der Waals surface area contributed by atoms with E-state index in [0.717, 1.165) is 12.1 Å². The molecule has 0 saturated carbocycles. The second-order valence-electron chi connectivity index (χ2n) is 6.09. The molecular weight excluding hydrogens is 224 g/mol. The standard InChI is InChI=1S/C15H22N2O/c1-10(18)11-5-6-13-12(9-11)15(2)7-8-16(3)14(15)17(13)4/h5-6,9-10,14,18H,7-8H2,1-4H3/t10-,14-,15+/m0/s1. The van der Waals surface area contributed by atoms with Crippen LogP contribution in [0.1, 0.15) is 37.5 Å². The second kappa shape index (κ2) is 3.72. The molecule has 2 aliphatic rings. The van der Waals surface area contributed by atoms with Crippen molar-refractivity contribution in [1.82, 2.24) is 4.90 Å². The summed E-state index contributed by atoms with van der Waals surface area (Å²) < 4.78 is 0. The summed E-state index contributed by atoms with van der Waals surface area (Å²) >= 11 is 0. The molecule has 18 heavy (non-hydrogen) atoms. The van der Waals surface area contributed by atoms with E-state index in [1.165, 1.54) is 17.7 Å². The van der Waals surface area contributed by atoms with E-state index in [-0.39, 0.29) is 11.5 Å². The van der Waals surface area contributed by atoms with Crippen LogP contribution < -0.4 is 4.90 Å². The lowest BCUT2D eigenvalue weighted by atomic mass is 9.80. The zero-order valence-electron chi connectivity index (χ0n) is 11.6. The van der Waals surface area contributed by atoms with Gasteiger partial charge in [-0.25, -0.2) is 0 Å². The number of rotatable bonds is 1. The number of fused-ring (bicyclic) bond motifs is 3. The number of hydrogen-bond donors (Lipinski definition) is 1. The van der Waals surface area contributed by atoms with Gasteiger partial charge in [0.05, 0.1) is 12.3 Å². The Kier molecular flexibility index (Phi) is 2.48. The Hall–Kier alpha value is -1.06. The number of hydrogen-bond acceptors (Lipinski definition) is 3. The molecule has 0 aliphatic carbocycles. The van der Waals surface area contributed by atoms with Crippen molar-refractivity contribution in [2.45, 2.75) is 38.0 Å². The first-order valence-electron chi connectivity index (χ1n) is 6.71. The third kappa shape index (κ3) is 1.38. The first kappa shape index (κ1) is 12.0. The van der Waals surface area contributed by atoms with Crippen molar-refractivity contribution in [1.29, 1.82) is 0 Å². The van der Waals surface area contributed by atoms with Crippen LogP contribution in [0, 0.1) is 0 Å². The summed E-state index contributed by atoms with van der Waals surface area (Å²) in [5.74, 6) is 0. The molecule has 1 aromatic carbocycles. The SMILES string of the molecule is C[C@H](O)c1ccc2c(c1)[C@@]1(C)CCN(C)[C@H]1N2C. The molecule has 2 heterocycles. The van der Waals surface area contributed by atoms with Crippen LogP contribution in [0.15, 0.2) is 18.2 Å². The molecule has 98 valence electrons. The Labute approximate surface area is 109 Å². The molecule has 1 fully saturated rings. The van der Waals surface area contributed by atoms with Crippen molar-refractivity contribution in [2.75, 3.05) is 25.5 Å². The Balaban J connectivity index is 2.14. The van der Waals surface area contributed by atoms with Crippen LogP contribution >= 0.6 is 0 Å². The van der Waals surface area contributed by atoms with Gasteiger partial charge in [0.25, 0.3) is 0 Å². The molecule has 0 aromatic heterocycles. The Morgan fingerprint density at radius 2 is 2.11 bits per heavy atom. The van der Waals surface area contributed by atoms with E-state index in [0.29, 0.717) is 6.17 Å². The van der Waals surface area contributed by atoms with Crippen LogP contribution in [-0.2, 0) is 5.41 Å². The maximum atomic E-state index is 9.77. The fraction of sp³-hybridized carbons (Fsp3) is 0.600. The van der Waals surface area contributed by atoms with E-state index in [1.807, 2.05) is 13.0 Å². The minimum Gasteiger partial charge on any atom is -0.389 e. The average molecular weight is 246 g/mol. The predicted octanol–water partition coefficient (Wildman–Crippen LogP) is 2.11. The van der Waals surface area contributed by atoms with Crippen molar-refractivity contribution in [3.05, 3.63) is 29.3 Å². The van der Waals surface area contributed by atoms with Gasteiger partial charge < -0.3 is 10.0 Å². The van der Waals surface area contributed by atoms with Crippen LogP contribution in [0.25, 0.3) is 0 Å². The summed E-state index contributed by atoms with van der Waals surface area (Å²) in [4.78, 5) is 4.82. The Bertz CT molecular complexity index is 485. The zero-order valence-corrected chi connectivity index (χ0v) is 11.6. The van der Waals surface area contributed by atoms with Crippen molar-refractivity contribution in [3.8, 4) is 0 Å². The first-order valence-corrected chi connectivity index (χ1v) is 6.71. The lowest BCUT2D eigenvalue weighted by Crippen LogP contribution is -2.45. The number of nitrogens with zero attached hydrogens (tertiary/aromatic N) is 2. The van der Waals surface area contributed by atoms with E-state index in [9.17, 15) is 5.11 Å². The van der Waals surface area contributed by atoms with E-state index >= 15 is 0 Å². The van der Waals surface area contributed by atoms with Gasteiger partial charge in [0.15, 0.2) is 0 Å². The molecule has 0 spiro atoms. The van der Waals surface area contributed by atoms with Gasteiger partial charge in [-0.3, -0.25) is 4.90 Å². The molecule has 3 nitrogen and oxygen atoms in total. The monoisotopic (exact) mass is 246 g/mol. The molecule has 3 atom stereocenters. The fourth-order valence-electron chi connectivity index (χ4n) is 3.85. The quantitative estimate of drug-likeness (QED) is 0.822. The molecule has 1 saturated heterocycles. The van der Waals surface area contributed by atoms with Crippen LogP contribution in [0.4, 0.5) is 5.69 Å². The fourth-order valence-corrected chi connectivity index (χ4v) is 3.85. The smallest absolute Gasteiger partial charge is 0.0911 e. The summed E-state index contributed by atoms with van der Waals surface area (Å²) in [5, 5.41) is 9.77. The Morgan fingerprint density at radius 1 is 1.39 bits per heavy atom. The number of likely N-dealkylation sites (N-methyl/N-ethyl adjacent to an activating group) is 2. The highest BCUT2D eigenvalue weighted by molar-refractivity contribution is 5.65. The number of aliphatic hydroxyl groups is 1. The van der Waals surface area contributed by atoms with Crippen molar-refractivity contribution in [2.24, 2.45) is 0 Å². The number of anilines is 1. The lowest BCUT2D eigenvalue weighted by Gasteiger charge is -2.32. The predicted molar refractivity (Wildman–Crippen MR) is 73.9 cm³/mol. The molecule has 1 aromatic rings. The van der Waals surface area contributed by atoms with Crippen LogP contribution in [0.3, 0.4) is 0 Å². The van der Waals surface area contributed by atoms with Gasteiger partial charge in [-0.1, -0.05) is 19.1 Å². The number of likely N-dealkylation sites (tertiary alicyclic amines) is 1. The van der Waals surface area contributed by atoms with E-state index in [1.54, 1.807) is 0 Å². The van der Waals surface area contributed by atoms with Gasteiger partial charge in [-0.15, -0.1) is 0 Å². The van der Waals surface area contributed by atoms with Crippen molar-refractivity contribution < 1.29 is 5.11 Å². The van der Waals surface area contributed by atoms with Crippen molar-refractivity contribution in [3.63, 3.8) is 0 Å². The zero-order chi connectivity index (χ0) is 13.1. The third-order valence-corrected chi connectivity index (χ3v) is 4.84.